The summed E-state index contributed by atoms with van der Waals surface area (Å²) < 4.78 is 0. The molecule has 1 unspecified atom stereocenters. The Labute approximate surface area is 126 Å². The van der Waals surface area contributed by atoms with Crippen molar-refractivity contribution < 1.29 is 4.79 Å². The second kappa shape index (κ2) is 6.93. The molecule has 0 fully saturated rings. The fraction of sp³-hybridized carbons (Fsp3) is 0.278. The predicted molar refractivity (Wildman–Crippen MR) is 88.6 cm³/mol. The normalized spacial score (nSPS) is 11.8. The van der Waals surface area contributed by atoms with Crippen LogP contribution in [0, 0.1) is 6.92 Å². The molecule has 0 aliphatic carbocycles. The summed E-state index contributed by atoms with van der Waals surface area (Å²) in [6.07, 6.45) is 0.993. The number of aryl methyl sites for hydroxylation is 1. The number of benzene rings is 2. The molecule has 2 rings (SSSR count). The lowest BCUT2D eigenvalue weighted by atomic mass is 10.0. The molecular formula is C18H22N2O. The summed E-state index contributed by atoms with van der Waals surface area (Å²) in [7, 11) is 0. The molecule has 0 radical (unpaired) electrons. The quantitative estimate of drug-likeness (QED) is 0.846. The van der Waals surface area contributed by atoms with E-state index in [-0.39, 0.29) is 11.9 Å². The fourth-order valence-electron chi connectivity index (χ4n) is 2.34. The molecule has 0 aliphatic rings. The Bertz CT molecular complexity index is 608. The van der Waals surface area contributed by atoms with E-state index >= 15 is 0 Å². The molecule has 0 saturated heterocycles. The minimum Gasteiger partial charge on any atom is -0.378 e. The molecule has 110 valence electrons. The molecule has 2 N–H and O–H groups in total. The molecule has 0 aromatic heterocycles. The molecule has 0 bridgehead atoms. The van der Waals surface area contributed by atoms with Crippen LogP contribution in [0.15, 0.2) is 48.5 Å². The summed E-state index contributed by atoms with van der Waals surface area (Å²) in [6.45, 7) is 5.68. The number of rotatable bonds is 5. The van der Waals surface area contributed by atoms with Crippen molar-refractivity contribution in [2.24, 2.45) is 0 Å². The highest BCUT2D eigenvalue weighted by molar-refractivity contribution is 5.90. The predicted octanol–water partition coefficient (Wildman–Crippen LogP) is 4.52. The molecule has 3 heteroatoms. The second-order valence-electron chi connectivity index (χ2n) is 5.23. The van der Waals surface area contributed by atoms with Gasteiger partial charge in [0.05, 0.1) is 6.04 Å². The fourth-order valence-corrected chi connectivity index (χ4v) is 2.34. The minimum absolute atomic E-state index is 0.0506. The maximum Gasteiger partial charge on any atom is 0.221 e. The summed E-state index contributed by atoms with van der Waals surface area (Å²) in [5.74, 6) is -0.0506. The van der Waals surface area contributed by atoms with Crippen LogP contribution in [0.25, 0.3) is 0 Å². The van der Waals surface area contributed by atoms with Gasteiger partial charge in [-0.25, -0.2) is 0 Å². The molecule has 2 aromatic carbocycles. The van der Waals surface area contributed by atoms with Crippen molar-refractivity contribution in [2.75, 3.05) is 10.6 Å². The number of anilines is 2. The molecule has 0 spiro atoms. The average molecular weight is 282 g/mol. The third-order valence-corrected chi connectivity index (χ3v) is 3.50. The molecule has 1 amide bonds. The smallest absolute Gasteiger partial charge is 0.221 e. The Morgan fingerprint density at radius 1 is 1.14 bits per heavy atom. The highest BCUT2D eigenvalue weighted by Gasteiger charge is 2.09. The Morgan fingerprint density at radius 3 is 2.48 bits per heavy atom. The van der Waals surface area contributed by atoms with Crippen LogP contribution in [0.3, 0.4) is 0 Å². The van der Waals surface area contributed by atoms with Gasteiger partial charge in [-0.15, -0.1) is 0 Å². The van der Waals surface area contributed by atoms with E-state index in [1.807, 2.05) is 31.2 Å². The van der Waals surface area contributed by atoms with E-state index in [0.717, 1.165) is 23.4 Å². The van der Waals surface area contributed by atoms with Crippen molar-refractivity contribution in [1.82, 2.24) is 0 Å². The van der Waals surface area contributed by atoms with Crippen molar-refractivity contribution in [1.29, 1.82) is 0 Å². The van der Waals surface area contributed by atoms with E-state index in [2.05, 4.69) is 41.8 Å². The van der Waals surface area contributed by atoms with Crippen molar-refractivity contribution in [3.8, 4) is 0 Å². The lowest BCUT2D eigenvalue weighted by Crippen LogP contribution is -2.11. The first-order valence-electron chi connectivity index (χ1n) is 7.30. The Kier molecular flexibility index (Phi) is 4.99. The van der Waals surface area contributed by atoms with Crippen molar-refractivity contribution in [3.63, 3.8) is 0 Å². The number of nitrogens with one attached hydrogen (secondary N) is 2. The zero-order chi connectivity index (χ0) is 15.2. The summed E-state index contributed by atoms with van der Waals surface area (Å²) in [6, 6.07) is 16.7. The minimum atomic E-state index is -0.0506. The van der Waals surface area contributed by atoms with Gasteiger partial charge in [-0.3, -0.25) is 4.79 Å². The Morgan fingerprint density at radius 2 is 1.86 bits per heavy atom. The zero-order valence-corrected chi connectivity index (χ0v) is 12.8. The second-order valence-corrected chi connectivity index (χ2v) is 5.23. The summed E-state index contributed by atoms with van der Waals surface area (Å²) in [4.78, 5) is 11.2. The van der Waals surface area contributed by atoms with Crippen LogP contribution in [-0.2, 0) is 4.79 Å². The SMILES string of the molecule is CCC(Nc1ccc(C)c(NC(C)=O)c1)c1ccccc1. The van der Waals surface area contributed by atoms with Gasteiger partial charge >= 0.3 is 0 Å². The molecule has 0 heterocycles. The van der Waals surface area contributed by atoms with Gasteiger partial charge in [-0.1, -0.05) is 43.3 Å². The van der Waals surface area contributed by atoms with Crippen molar-refractivity contribution in [3.05, 3.63) is 59.7 Å². The third kappa shape index (κ3) is 4.09. The van der Waals surface area contributed by atoms with Crippen molar-refractivity contribution >= 4 is 17.3 Å². The largest absolute Gasteiger partial charge is 0.378 e. The van der Waals surface area contributed by atoms with Gasteiger partial charge in [0.1, 0.15) is 0 Å². The Hall–Kier alpha value is -2.29. The van der Waals surface area contributed by atoms with Crippen LogP contribution in [0.4, 0.5) is 11.4 Å². The first-order chi connectivity index (χ1) is 10.1. The molecule has 0 saturated carbocycles. The van der Waals surface area contributed by atoms with E-state index in [0.29, 0.717) is 0 Å². The molecule has 0 aliphatic heterocycles. The van der Waals surface area contributed by atoms with Gasteiger partial charge in [0.25, 0.3) is 0 Å². The summed E-state index contributed by atoms with van der Waals surface area (Å²) in [5, 5.41) is 6.40. The van der Waals surface area contributed by atoms with Gasteiger partial charge in [-0.2, -0.15) is 0 Å². The van der Waals surface area contributed by atoms with Gasteiger partial charge < -0.3 is 10.6 Å². The van der Waals surface area contributed by atoms with Gasteiger partial charge in [0.2, 0.25) is 5.91 Å². The maximum absolute atomic E-state index is 11.2. The molecule has 21 heavy (non-hydrogen) atoms. The first-order valence-corrected chi connectivity index (χ1v) is 7.30. The molecular weight excluding hydrogens is 260 g/mol. The topological polar surface area (TPSA) is 41.1 Å². The van der Waals surface area contributed by atoms with Crippen LogP contribution in [0.2, 0.25) is 0 Å². The highest BCUT2D eigenvalue weighted by atomic mass is 16.1. The third-order valence-electron chi connectivity index (χ3n) is 3.50. The first kappa shape index (κ1) is 15.1. The summed E-state index contributed by atoms with van der Waals surface area (Å²) >= 11 is 0. The lowest BCUT2D eigenvalue weighted by Gasteiger charge is -2.20. The maximum atomic E-state index is 11.2. The van der Waals surface area contributed by atoms with E-state index in [9.17, 15) is 4.79 Å². The van der Waals surface area contributed by atoms with Gasteiger partial charge in [0.15, 0.2) is 0 Å². The van der Waals surface area contributed by atoms with E-state index in [1.54, 1.807) is 0 Å². The van der Waals surface area contributed by atoms with Crippen LogP contribution in [-0.4, -0.2) is 5.91 Å². The average Bonchev–Trinajstić information content (AvgIpc) is 2.48. The molecule has 1 atom stereocenters. The molecule has 3 nitrogen and oxygen atoms in total. The van der Waals surface area contributed by atoms with Crippen LogP contribution in [0.5, 0.6) is 0 Å². The molecule has 2 aromatic rings. The number of carbonyl (C=O) groups is 1. The number of hydrogen-bond donors (Lipinski definition) is 2. The van der Waals surface area contributed by atoms with E-state index in [4.69, 9.17) is 0 Å². The van der Waals surface area contributed by atoms with Crippen LogP contribution < -0.4 is 10.6 Å². The standard InChI is InChI=1S/C18H22N2O/c1-4-17(15-8-6-5-7-9-15)20-16-11-10-13(2)18(12-16)19-14(3)21/h5-12,17,20H,4H2,1-3H3,(H,19,21). The Balaban J connectivity index is 2.20. The van der Waals surface area contributed by atoms with E-state index in [1.165, 1.54) is 12.5 Å². The van der Waals surface area contributed by atoms with E-state index < -0.39 is 0 Å². The zero-order valence-electron chi connectivity index (χ0n) is 12.8. The van der Waals surface area contributed by atoms with Crippen molar-refractivity contribution in [2.45, 2.75) is 33.2 Å². The number of hydrogen-bond acceptors (Lipinski definition) is 2. The van der Waals surface area contributed by atoms with Crippen LogP contribution >= 0.6 is 0 Å². The lowest BCUT2D eigenvalue weighted by molar-refractivity contribution is -0.114. The highest BCUT2D eigenvalue weighted by Crippen LogP contribution is 2.26. The summed E-state index contributed by atoms with van der Waals surface area (Å²) in [5.41, 5.74) is 4.20. The van der Waals surface area contributed by atoms with Crippen LogP contribution in [0.1, 0.15) is 37.4 Å². The van der Waals surface area contributed by atoms with Gasteiger partial charge in [-0.05, 0) is 36.6 Å². The number of carbonyl (C=O) groups excluding carboxylic acids is 1. The van der Waals surface area contributed by atoms with Gasteiger partial charge in [0, 0.05) is 18.3 Å². The monoisotopic (exact) mass is 282 g/mol. The number of amides is 1.